The minimum atomic E-state index is 0.550. The van der Waals surface area contributed by atoms with Crippen molar-refractivity contribution in [2.75, 3.05) is 5.43 Å². The summed E-state index contributed by atoms with van der Waals surface area (Å²) >= 11 is 6.06. The van der Waals surface area contributed by atoms with Crippen LogP contribution in [0, 0.1) is 6.92 Å². The zero-order valence-corrected chi connectivity index (χ0v) is 12.8. The highest BCUT2D eigenvalue weighted by molar-refractivity contribution is 6.31. The molecule has 2 aromatic rings. The average molecular weight is 287 g/mol. The van der Waals surface area contributed by atoms with E-state index in [0.717, 1.165) is 21.8 Å². The van der Waals surface area contributed by atoms with Crippen LogP contribution in [-0.4, -0.2) is 6.21 Å². The van der Waals surface area contributed by atoms with Crippen molar-refractivity contribution in [3.63, 3.8) is 0 Å². The van der Waals surface area contributed by atoms with Gasteiger partial charge in [0, 0.05) is 5.02 Å². The molecule has 0 fully saturated rings. The van der Waals surface area contributed by atoms with E-state index in [2.05, 4.69) is 48.6 Å². The summed E-state index contributed by atoms with van der Waals surface area (Å²) in [4.78, 5) is 0. The van der Waals surface area contributed by atoms with Gasteiger partial charge in [0.25, 0.3) is 0 Å². The van der Waals surface area contributed by atoms with E-state index >= 15 is 0 Å². The smallest absolute Gasteiger partial charge is 0.0576 e. The number of benzene rings is 2. The largest absolute Gasteiger partial charge is 0.278 e. The van der Waals surface area contributed by atoms with Gasteiger partial charge in [-0.15, -0.1) is 0 Å². The lowest BCUT2D eigenvalue weighted by Gasteiger charge is -2.05. The molecule has 0 aromatic heterocycles. The summed E-state index contributed by atoms with van der Waals surface area (Å²) in [6.45, 7) is 6.35. The molecule has 0 heterocycles. The van der Waals surface area contributed by atoms with Crippen molar-refractivity contribution in [2.45, 2.75) is 26.7 Å². The number of nitrogens with one attached hydrogen (secondary N) is 1. The van der Waals surface area contributed by atoms with Gasteiger partial charge >= 0.3 is 0 Å². The molecule has 0 aliphatic rings. The molecule has 0 radical (unpaired) electrons. The maximum absolute atomic E-state index is 6.06. The molecule has 2 nitrogen and oxygen atoms in total. The summed E-state index contributed by atoms with van der Waals surface area (Å²) in [5, 5.41) is 4.97. The van der Waals surface area contributed by atoms with Gasteiger partial charge in [-0.25, -0.2) is 0 Å². The van der Waals surface area contributed by atoms with Gasteiger partial charge in [0.05, 0.1) is 11.9 Å². The van der Waals surface area contributed by atoms with E-state index in [-0.39, 0.29) is 0 Å². The lowest BCUT2D eigenvalue weighted by Crippen LogP contribution is -1.92. The van der Waals surface area contributed by atoms with E-state index in [4.69, 9.17) is 11.6 Å². The Morgan fingerprint density at radius 1 is 1.10 bits per heavy atom. The van der Waals surface area contributed by atoms with Crippen LogP contribution in [0.2, 0.25) is 5.02 Å². The second-order valence-electron chi connectivity index (χ2n) is 5.16. The first kappa shape index (κ1) is 14.6. The van der Waals surface area contributed by atoms with Crippen LogP contribution < -0.4 is 5.43 Å². The van der Waals surface area contributed by atoms with Crippen LogP contribution in [-0.2, 0) is 0 Å². The third kappa shape index (κ3) is 3.84. The van der Waals surface area contributed by atoms with Gasteiger partial charge in [0.1, 0.15) is 0 Å². The fourth-order valence-corrected chi connectivity index (χ4v) is 1.99. The number of anilines is 1. The zero-order valence-electron chi connectivity index (χ0n) is 12.0. The fourth-order valence-electron chi connectivity index (χ4n) is 1.81. The molecule has 20 heavy (non-hydrogen) atoms. The Balaban J connectivity index is 2.00. The van der Waals surface area contributed by atoms with Gasteiger partial charge in [-0.1, -0.05) is 55.8 Å². The summed E-state index contributed by atoms with van der Waals surface area (Å²) in [7, 11) is 0. The second kappa shape index (κ2) is 6.58. The van der Waals surface area contributed by atoms with E-state index in [1.807, 2.05) is 25.1 Å². The van der Waals surface area contributed by atoms with E-state index in [1.165, 1.54) is 5.56 Å². The summed E-state index contributed by atoms with van der Waals surface area (Å²) in [5.74, 6) is 0.550. The van der Waals surface area contributed by atoms with Crippen LogP contribution in [0.4, 0.5) is 5.69 Å². The predicted molar refractivity (Wildman–Crippen MR) is 87.9 cm³/mol. The average Bonchev–Trinajstić information content (AvgIpc) is 2.43. The third-order valence-corrected chi connectivity index (χ3v) is 3.59. The molecule has 0 atom stereocenters. The molecular weight excluding hydrogens is 268 g/mol. The van der Waals surface area contributed by atoms with Gasteiger partial charge in [-0.05, 0) is 41.7 Å². The van der Waals surface area contributed by atoms with Gasteiger partial charge in [0.15, 0.2) is 0 Å². The van der Waals surface area contributed by atoms with Crippen molar-refractivity contribution in [1.82, 2.24) is 0 Å². The minimum Gasteiger partial charge on any atom is -0.278 e. The normalized spacial score (nSPS) is 11.2. The number of rotatable bonds is 4. The Labute approximate surface area is 125 Å². The Kier molecular flexibility index (Phi) is 4.80. The monoisotopic (exact) mass is 286 g/mol. The second-order valence-corrected chi connectivity index (χ2v) is 5.56. The molecule has 2 rings (SSSR count). The number of nitrogens with zero attached hydrogens (tertiary/aromatic N) is 1. The van der Waals surface area contributed by atoms with Crippen LogP contribution in [0.15, 0.2) is 47.6 Å². The van der Waals surface area contributed by atoms with E-state index < -0.39 is 0 Å². The van der Waals surface area contributed by atoms with E-state index in [0.29, 0.717) is 5.92 Å². The van der Waals surface area contributed by atoms with E-state index in [1.54, 1.807) is 6.21 Å². The zero-order chi connectivity index (χ0) is 14.5. The van der Waals surface area contributed by atoms with Crippen molar-refractivity contribution in [2.24, 2.45) is 5.10 Å². The van der Waals surface area contributed by atoms with Crippen LogP contribution in [0.5, 0.6) is 0 Å². The highest BCUT2D eigenvalue weighted by Gasteiger charge is 1.98. The van der Waals surface area contributed by atoms with Crippen LogP contribution in [0.3, 0.4) is 0 Å². The molecule has 3 heteroatoms. The number of hydrazone groups is 1. The standard InChI is InChI=1S/C17H19ClN2/c1-12(2)15-7-5-14(6-8-15)11-19-20-16-9-4-13(3)17(18)10-16/h4-12,20H,1-3H3/b19-11-. The summed E-state index contributed by atoms with van der Waals surface area (Å²) in [6.07, 6.45) is 1.80. The Hall–Kier alpha value is -1.80. The molecule has 104 valence electrons. The maximum Gasteiger partial charge on any atom is 0.0576 e. The molecule has 0 aliphatic carbocycles. The summed E-state index contributed by atoms with van der Waals surface area (Å²) in [6, 6.07) is 14.2. The van der Waals surface area contributed by atoms with Gasteiger partial charge in [0.2, 0.25) is 0 Å². The number of hydrogen-bond donors (Lipinski definition) is 1. The maximum atomic E-state index is 6.06. The van der Waals surface area contributed by atoms with Crippen molar-refractivity contribution in [1.29, 1.82) is 0 Å². The molecular formula is C17H19ClN2. The number of aryl methyl sites for hydroxylation is 1. The van der Waals surface area contributed by atoms with Crippen molar-refractivity contribution < 1.29 is 0 Å². The molecule has 1 N–H and O–H groups in total. The molecule has 0 bridgehead atoms. The topological polar surface area (TPSA) is 24.4 Å². The lowest BCUT2D eigenvalue weighted by atomic mass is 10.0. The van der Waals surface area contributed by atoms with Crippen molar-refractivity contribution >= 4 is 23.5 Å². The minimum absolute atomic E-state index is 0.550. The Bertz CT molecular complexity index is 601. The van der Waals surface area contributed by atoms with Crippen LogP contribution >= 0.6 is 11.6 Å². The lowest BCUT2D eigenvalue weighted by molar-refractivity contribution is 0.866. The summed E-state index contributed by atoms with van der Waals surface area (Å²) in [5.41, 5.74) is 7.33. The molecule has 0 aliphatic heterocycles. The van der Waals surface area contributed by atoms with Crippen LogP contribution in [0.1, 0.15) is 36.5 Å². The van der Waals surface area contributed by atoms with E-state index in [9.17, 15) is 0 Å². The molecule has 2 aromatic carbocycles. The summed E-state index contributed by atoms with van der Waals surface area (Å²) < 4.78 is 0. The first-order valence-corrected chi connectivity index (χ1v) is 7.09. The highest BCUT2D eigenvalue weighted by atomic mass is 35.5. The van der Waals surface area contributed by atoms with Gasteiger partial charge in [-0.3, -0.25) is 5.43 Å². The quantitative estimate of drug-likeness (QED) is 0.605. The molecule has 0 saturated carbocycles. The van der Waals surface area contributed by atoms with Crippen molar-refractivity contribution in [3.8, 4) is 0 Å². The number of halogens is 1. The van der Waals surface area contributed by atoms with Gasteiger partial charge < -0.3 is 0 Å². The Morgan fingerprint density at radius 3 is 2.40 bits per heavy atom. The molecule has 0 unspecified atom stereocenters. The molecule has 0 amide bonds. The van der Waals surface area contributed by atoms with Gasteiger partial charge in [-0.2, -0.15) is 5.10 Å². The predicted octanol–water partition coefficient (Wildman–Crippen LogP) is 5.22. The molecule has 0 spiro atoms. The Morgan fingerprint density at radius 2 is 1.80 bits per heavy atom. The van der Waals surface area contributed by atoms with Crippen molar-refractivity contribution in [3.05, 3.63) is 64.2 Å². The highest BCUT2D eigenvalue weighted by Crippen LogP contribution is 2.20. The third-order valence-electron chi connectivity index (χ3n) is 3.18. The number of hydrogen-bond acceptors (Lipinski definition) is 2. The molecule has 0 saturated heterocycles. The first-order chi connectivity index (χ1) is 9.56. The van der Waals surface area contributed by atoms with Crippen LogP contribution in [0.25, 0.3) is 0 Å². The SMILES string of the molecule is Cc1ccc(N/N=C\c2ccc(C(C)C)cc2)cc1Cl. The fraction of sp³-hybridized carbons (Fsp3) is 0.235. The first-order valence-electron chi connectivity index (χ1n) is 6.71.